The van der Waals surface area contributed by atoms with Crippen LogP contribution in [0.4, 0.5) is 4.79 Å². The third-order valence-corrected chi connectivity index (χ3v) is 13.9. The predicted molar refractivity (Wildman–Crippen MR) is 208 cm³/mol. The van der Waals surface area contributed by atoms with E-state index in [0.29, 0.717) is 37.4 Å². The fourth-order valence-electron chi connectivity index (χ4n) is 8.08. The summed E-state index contributed by atoms with van der Waals surface area (Å²) in [6.45, 7) is 7.81. The van der Waals surface area contributed by atoms with Gasteiger partial charge in [-0.25, -0.2) is 13.2 Å². The summed E-state index contributed by atoms with van der Waals surface area (Å²) >= 11 is 0. The zero-order valence-corrected chi connectivity index (χ0v) is 33.1. The standard InChI is InChI=1S/C42H50N4O9S/c1-5-28-21-42(28,38(49)45-56(51,52)31-13-14-31)44-36(47)33-20-30-22-46(33)37(48)35(40(2,3)4)43-39(50)54-24-41(15-16-41)23-53-29-12-8-11-27(17-29)32-18-25-9-6-7-10-26(25)19-34(32)55-30/h6-12,17-19,28,30-31,33,35H,5,13-16,20-24H2,1-4H3,(H,43,50)(H,44,47)(H,45,49)/t28-,30?,33+,35-,42?/m1/s1. The number of carbonyl (C=O) groups is 4. The molecule has 2 aliphatic heterocycles. The summed E-state index contributed by atoms with van der Waals surface area (Å²) in [6, 6.07) is 17.5. The second kappa shape index (κ2) is 14.0. The molecule has 5 atom stereocenters. The first-order valence-electron chi connectivity index (χ1n) is 19.6. The number of nitrogens with one attached hydrogen (secondary N) is 3. The molecule has 4 fully saturated rings. The number of fused-ring (bicyclic) bond motifs is 7. The lowest BCUT2D eigenvalue weighted by Gasteiger charge is -2.35. The van der Waals surface area contributed by atoms with Crippen molar-refractivity contribution in [3.63, 3.8) is 0 Å². The maximum absolute atomic E-state index is 14.7. The van der Waals surface area contributed by atoms with Gasteiger partial charge in [0, 0.05) is 17.4 Å². The van der Waals surface area contributed by atoms with Gasteiger partial charge in [0.05, 0.1) is 18.4 Å². The van der Waals surface area contributed by atoms with Crippen LogP contribution in [-0.4, -0.2) is 85.9 Å². The summed E-state index contributed by atoms with van der Waals surface area (Å²) in [6.07, 6.45) is 2.06. The van der Waals surface area contributed by atoms with E-state index in [9.17, 15) is 27.6 Å². The molecule has 3 aromatic carbocycles. The highest BCUT2D eigenvalue weighted by Gasteiger charge is 2.62. The Balaban J connectivity index is 1.16. The zero-order valence-electron chi connectivity index (χ0n) is 32.3. The highest BCUT2D eigenvalue weighted by atomic mass is 32.2. The molecule has 14 heteroatoms. The number of cyclic esters (lactones) is 1. The Morgan fingerprint density at radius 2 is 1.68 bits per heavy atom. The molecule has 3 aliphatic carbocycles. The lowest BCUT2D eigenvalue weighted by atomic mass is 9.85. The van der Waals surface area contributed by atoms with E-state index in [4.69, 9.17) is 14.2 Å². The van der Waals surface area contributed by atoms with Gasteiger partial charge in [0.25, 0.3) is 5.91 Å². The number of sulfonamides is 1. The second-order valence-corrected chi connectivity index (χ2v) is 19.4. The minimum absolute atomic E-state index is 0.00518. The summed E-state index contributed by atoms with van der Waals surface area (Å²) in [7, 11) is -3.87. The molecular weight excluding hydrogens is 737 g/mol. The van der Waals surface area contributed by atoms with Crippen molar-refractivity contribution in [2.75, 3.05) is 19.8 Å². The van der Waals surface area contributed by atoms with Crippen molar-refractivity contribution < 1.29 is 41.8 Å². The van der Waals surface area contributed by atoms with Gasteiger partial charge in [0.2, 0.25) is 21.8 Å². The van der Waals surface area contributed by atoms with Crippen molar-refractivity contribution in [2.45, 2.75) is 102 Å². The van der Waals surface area contributed by atoms with E-state index in [1.54, 1.807) is 0 Å². The van der Waals surface area contributed by atoms with Crippen LogP contribution in [0.2, 0.25) is 0 Å². The summed E-state index contributed by atoms with van der Waals surface area (Å²) in [4.78, 5) is 57.7. The van der Waals surface area contributed by atoms with Crippen LogP contribution in [0.25, 0.3) is 21.9 Å². The minimum Gasteiger partial charge on any atom is -0.493 e. The molecule has 1 spiro atoms. The number of nitrogens with zero attached hydrogens (tertiary/aromatic N) is 1. The molecule has 2 heterocycles. The molecule has 2 unspecified atom stereocenters. The Hall–Kier alpha value is -4.85. The van der Waals surface area contributed by atoms with Crippen molar-refractivity contribution in [1.29, 1.82) is 0 Å². The van der Waals surface area contributed by atoms with Crippen molar-refractivity contribution in [2.24, 2.45) is 16.7 Å². The van der Waals surface area contributed by atoms with Gasteiger partial charge in [-0.3, -0.25) is 19.1 Å². The number of hydrogen-bond acceptors (Lipinski definition) is 9. The van der Waals surface area contributed by atoms with Gasteiger partial charge < -0.3 is 29.7 Å². The number of rotatable bonds is 6. The fraction of sp³-hybridized carbons (Fsp3) is 0.524. The number of alkyl carbamates (subject to hydrolysis) is 1. The number of benzene rings is 3. The third-order valence-electron chi connectivity index (χ3n) is 12.1. The molecule has 3 saturated carbocycles. The predicted octanol–water partition coefficient (Wildman–Crippen LogP) is 5.06. The summed E-state index contributed by atoms with van der Waals surface area (Å²) in [5, 5.41) is 7.04. The van der Waals surface area contributed by atoms with E-state index < -0.39 is 68.2 Å². The Morgan fingerprint density at radius 1 is 0.964 bits per heavy atom. The number of hydrogen-bond donors (Lipinski definition) is 3. The summed E-state index contributed by atoms with van der Waals surface area (Å²) < 4.78 is 46.6. The molecule has 5 aliphatic rings. The second-order valence-electron chi connectivity index (χ2n) is 17.5. The van der Waals surface area contributed by atoms with Gasteiger partial charge in [-0.05, 0) is 84.0 Å². The summed E-state index contributed by atoms with van der Waals surface area (Å²) in [5.74, 6) is -0.927. The molecule has 4 bridgehead atoms. The first-order valence-corrected chi connectivity index (χ1v) is 21.2. The molecule has 4 amide bonds. The maximum Gasteiger partial charge on any atom is 0.407 e. The molecule has 56 heavy (non-hydrogen) atoms. The smallest absolute Gasteiger partial charge is 0.407 e. The fourth-order valence-corrected chi connectivity index (χ4v) is 9.45. The topological polar surface area (TPSA) is 169 Å². The minimum atomic E-state index is -3.87. The van der Waals surface area contributed by atoms with E-state index in [1.165, 1.54) is 4.90 Å². The van der Waals surface area contributed by atoms with Crippen molar-refractivity contribution in [3.8, 4) is 22.6 Å². The average Bonchev–Trinajstić information content (AvgIpc) is 4.08. The van der Waals surface area contributed by atoms with Crippen LogP contribution in [0.1, 0.15) is 72.6 Å². The first kappa shape index (κ1) is 38.0. The number of ether oxygens (including phenoxy) is 3. The Bertz CT molecular complexity index is 2190. The lowest BCUT2D eigenvalue weighted by Crippen LogP contribution is -2.60. The van der Waals surface area contributed by atoms with Gasteiger partial charge in [-0.15, -0.1) is 0 Å². The van der Waals surface area contributed by atoms with E-state index in [-0.39, 0.29) is 37.3 Å². The van der Waals surface area contributed by atoms with Gasteiger partial charge in [-0.2, -0.15) is 0 Å². The van der Waals surface area contributed by atoms with Crippen LogP contribution in [0, 0.1) is 16.7 Å². The van der Waals surface area contributed by atoms with Crippen molar-refractivity contribution >= 4 is 44.6 Å². The normalized spacial score (nSPS) is 27.4. The molecule has 3 N–H and O–H groups in total. The van der Waals surface area contributed by atoms with Crippen LogP contribution in [-0.2, 0) is 29.1 Å². The lowest BCUT2D eigenvalue weighted by molar-refractivity contribution is -0.143. The molecule has 0 aromatic heterocycles. The van der Waals surface area contributed by atoms with E-state index >= 15 is 0 Å². The highest BCUT2D eigenvalue weighted by molar-refractivity contribution is 7.91. The molecule has 13 nitrogen and oxygen atoms in total. The van der Waals surface area contributed by atoms with Gasteiger partial charge in [0.15, 0.2) is 0 Å². The molecule has 0 radical (unpaired) electrons. The van der Waals surface area contributed by atoms with Crippen LogP contribution in [0.15, 0.2) is 60.7 Å². The van der Waals surface area contributed by atoms with E-state index in [0.717, 1.165) is 34.7 Å². The largest absolute Gasteiger partial charge is 0.493 e. The monoisotopic (exact) mass is 786 g/mol. The van der Waals surface area contributed by atoms with Crippen LogP contribution < -0.4 is 24.8 Å². The van der Waals surface area contributed by atoms with E-state index in [2.05, 4.69) is 21.4 Å². The van der Waals surface area contributed by atoms with Gasteiger partial charge in [0.1, 0.15) is 41.8 Å². The van der Waals surface area contributed by atoms with Crippen LogP contribution >= 0.6 is 0 Å². The molecule has 1 saturated heterocycles. The van der Waals surface area contributed by atoms with Crippen LogP contribution in [0.5, 0.6) is 11.5 Å². The number of amides is 4. The molecular formula is C42H50N4O9S. The summed E-state index contributed by atoms with van der Waals surface area (Å²) in [5.41, 5.74) is -0.917. The first-order chi connectivity index (χ1) is 26.6. The van der Waals surface area contributed by atoms with Gasteiger partial charge >= 0.3 is 6.09 Å². The van der Waals surface area contributed by atoms with Crippen LogP contribution in [0.3, 0.4) is 0 Å². The number of carbonyl (C=O) groups excluding carboxylic acids is 4. The van der Waals surface area contributed by atoms with Gasteiger partial charge in [-0.1, -0.05) is 70.5 Å². The van der Waals surface area contributed by atoms with Crippen molar-refractivity contribution in [3.05, 3.63) is 60.7 Å². The Kier molecular flexibility index (Phi) is 9.49. The SMILES string of the molecule is CC[C@@H]1CC1(NC(=O)[C@@H]1CC2CN1C(=O)[C@H](C(C)(C)C)NC(=O)OCC1(CC1)COc1cccc(c1)-c1cc3ccccc3cc1O2)C(=O)NS(=O)(=O)C1CC1. The Morgan fingerprint density at radius 3 is 2.34 bits per heavy atom. The van der Waals surface area contributed by atoms with E-state index in [1.807, 2.05) is 82.3 Å². The van der Waals surface area contributed by atoms with Crippen molar-refractivity contribution in [1.82, 2.24) is 20.3 Å². The maximum atomic E-state index is 14.7. The zero-order chi connectivity index (χ0) is 39.6. The molecule has 3 aromatic rings. The molecule has 298 valence electrons. The quantitative estimate of drug-likeness (QED) is 0.309. The molecule has 8 rings (SSSR count). The average molecular weight is 787 g/mol. The Labute approximate surface area is 327 Å². The highest BCUT2D eigenvalue weighted by Crippen LogP contribution is 2.48. The third kappa shape index (κ3) is 7.51.